The molecule has 4 aliphatic rings. The Morgan fingerprint density at radius 3 is 1.93 bits per heavy atom. The molecule has 1 N–H and O–H groups in total. The number of benzene rings is 3. The van der Waals surface area contributed by atoms with E-state index in [9.17, 15) is 19.2 Å². The van der Waals surface area contributed by atoms with Gasteiger partial charge in [0.15, 0.2) is 6.61 Å². The topological polar surface area (TPSA) is 92.8 Å². The number of nitrogens with one attached hydrogen (secondary N) is 1. The summed E-state index contributed by atoms with van der Waals surface area (Å²) in [6.45, 7) is 3.47. The smallest absolute Gasteiger partial charge is 0.329 e. The van der Waals surface area contributed by atoms with Gasteiger partial charge in [0, 0.05) is 22.0 Å². The van der Waals surface area contributed by atoms with Crippen molar-refractivity contribution in [1.29, 1.82) is 0 Å². The van der Waals surface area contributed by atoms with Crippen molar-refractivity contribution in [3.63, 3.8) is 0 Å². The molecule has 7 nitrogen and oxygen atoms in total. The molecule has 0 radical (unpaired) electrons. The van der Waals surface area contributed by atoms with E-state index in [0.29, 0.717) is 18.5 Å². The van der Waals surface area contributed by atoms with Crippen molar-refractivity contribution in [3.05, 3.63) is 99.0 Å². The molecule has 3 amide bonds. The number of amides is 3. The first-order chi connectivity index (χ1) is 20.3. The highest BCUT2D eigenvalue weighted by Crippen LogP contribution is 2.61. The van der Waals surface area contributed by atoms with E-state index in [0.717, 1.165) is 38.7 Å². The summed E-state index contributed by atoms with van der Waals surface area (Å²) < 4.78 is 6.39. The maximum absolute atomic E-state index is 14.2. The number of halogens is 1. The van der Waals surface area contributed by atoms with Crippen LogP contribution in [0.2, 0.25) is 0 Å². The van der Waals surface area contributed by atoms with E-state index in [1.54, 1.807) is 6.07 Å². The van der Waals surface area contributed by atoms with Gasteiger partial charge in [0.25, 0.3) is 5.91 Å². The number of ether oxygens (including phenoxy) is 1. The van der Waals surface area contributed by atoms with Crippen LogP contribution in [0, 0.1) is 11.8 Å². The van der Waals surface area contributed by atoms with Crippen LogP contribution in [0.3, 0.4) is 0 Å². The van der Waals surface area contributed by atoms with Crippen LogP contribution < -0.4 is 5.32 Å². The number of imide groups is 1. The van der Waals surface area contributed by atoms with E-state index in [-0.39, 0.29) is 30.1 Å². The minimum atomic E-state index is -1.08. The first-order valence-corrected chi connectivity index (χ1v) is 15.4. The number of unbranched alkanes of at least 4 members (excludes halogenated alkanes) is 1. The molecule has 3 aromatic rings. The molecule has 3 aliphatic carbocycles. The van der Waals surface area contributed by atoms with Crippen LogP contribution in [0.25, 0.3) is 0 Å². The Morgan fingerprint density at radius 2 is 1.43 bits per heavy atom. The minimum absolute atomic E-state index is 0.249. The second-order valence-electron chi connectivity index (χ2n) is 11.3. The van der Waals surface area contributed by atoms with Gasteiger partial charge in [0.1, 0.15) is 6.04 Å². The van der Waals surface area contributed by atoms with Gasteiger partial charge < -0.3 is 10.1 Å². The number of hydrogen-bond donors (Lipinski definition) is 1. The average Bonchev–Trinajstić information content (AvgIpc) is 3.27. The average molecular weight is 630 g/mol. The van der Waals surface area contributed by atoms with Crippen LogP contribution >= 0.6 is 15.9 Å². The van der Waals surface area contributed by atoms with Crippen molar-refractivity contribution in [3.8, 4) is 0 Å². The third-order valence-electron chi connectivity index (χ3n) is 8.97. The van der Waals surface area contributed by atoms with Crippen molar-refractivity contribution in [2.24, 2.45) is 11.8 Å². The number of likely N-dealkylation sites (tertiary alicyclic amines) is 1. The number of aryl methyl sites for hydroxylation is 1. The second kappa shape index (κ2) is 11.5. The predicted molar refractivity (Wildman–Crippen MR) is 162 cm³/mol. The summed E-state index contributed by atoms with van der Waals surface area (Å²) in [5, 5.41) is 2.81. The Balaban J connectivity index is 1.25. The van der Waals surface area contributed by atoms with Crippen LogP contribution in [-0.4, -0.2) is 41.2 Å². The monoisotopic (exact) mass is 628 g/mol. The molecule has 1 heterocycles. The third-order valence-corrected chi connectivity index (χ3v) is 9.46. The molecule has 0 unspecified atom stereocenters. The maximum Gasteiger partial charge on any atom is 0.329 e. The lowest BCUT2D eigenvalue weighted by atomic mass is 9.55. The maximum atomic E-state index is 14.2. The fourth-order valence-electron chi connectivity index (χ4n) is 7.15. The number of esters is 1. The number of carbonyl (C=O) groups excluding carboxylic acids is 4. The van der Waals surface area contributed by atoms with Gasteiger partial charge in [-0.15, -0.1) is 0 Å². The molecule has 42 heavy (non-hydrogen) atoms. The van der Waals surface area contributed by atoms with Crippen molar-refractivity contribution >= 4 is 45.3 Å². The molecular formula is C34H33BrN2O5. The highest BCUT2D eigenvalue weighted by Gasteiger charge is 2.63. The molecule has 3 atom stereocenters. The molecule has 0 saturated carbocycles. The number of rotatable bonds is 9. The van der Waals surface area contributed by atoms with Crippen LogP contribution in [0.5, 0.6) is 0 Å². The Morgan fingerprint density at radius 1 is 0.881 bits per heavy atom. The van der Waals surface area contributed by atoms with Gasteiger partial charge in [-0.05, 0) is 58.9 Å². The largest absolute Gasteiger partial charge is 0.454 e. The SMILES string of the molecule is CCCC[C@@H](C(=O)OCC(=O)Nc1ccc(Br)cc1CC)N1C(=O)[C@@H]2C3c4ccccc4C(c4ccccc43)[C@@H]2C1=O. The lowest BCUT2D eigenvalue weighted by molar-refractivity contribution is -0.160. The predicted octanol–water partition coefficient (Wildman–Crippen LogP) is 5.94. The minimum Gasteiger partial charge on any atom is -0.454 e. The van der Waals surface area contributed by atoms with E-state index >= 15 is 0 Å². The lowest BCUT2D eigenvalue weighted by Crippen LogP contribution is -2.47. The van der Waals surface area contributed by atoms with Crippen molar-refractivity contribution in [2.75, 3.05) is 11.9 Å². The van der Waals surface area contributed by atoms with E-state index in [1.165, 1.54) is 4.90 Å². The first-order valence-electron chi connectivity index (χ1n) is 14.6. The van der Waals surface area contributed by atoms with E-state index < -0.39 is 36.4 Å². The molecule has 1 saturated heterocycles. The van der Waals surface area contributed by atoms with Gasteiger partial charge in [-0.2, -0.15) is 0 Å². The Kier molecular flexibility index (Phi) is 7.75. The third kappa shape index (κ3) is 4.66. The molecule has 216 valence electrons. The molecule has 1 aliphatic heterocycles. The van der Waals surface area contributed by atoms with Crippen LogP contribution in [0.4, 0.5) is 5.69 Å². The van der Waals surface area contributed by atoms with Gasteiger partial charge in [-0.3, -0.25) is 19.3 Å². The second-order valence-corrected chi connectivity index (χ2v) is 12.2. The van der Waals surface area contributed by atoms with Gasteiger partial charge in [0.2, 0.25) is 11.8 Å². The number of carbonyl (C=O) groups is 4. The van der Waals surface area contributed by atoms with Gasteiger partial charge in [-0.25, -0.2) is 4.79 Å². The molecular weight excluding hydrogens is 596 g/mol. The van der Waals surface area contributed by atoms with Gasteiger partial charge >= 0.3 is 5.97 Å². The summed E-state index contributed by atoms with van der Waals surface area (Å²) in [5.41, 5.74) is 5.90. The van der Waals surface area contributed by atoms with Gasteiger partial charge in [0.05, 0.1) is 11.8 Å². The van der Waals surface area contributed by atoms with E-state index in [2.05, 4.69) is 45.5 Å². The highest BCUT2D eigenvalue weighted by molar-refractivity contribution is 9.10. The summed E-state index contributed by atoms with van der Waals surface area (Å²) in [7, 11) is 0. The van der Waals surface area contributed by atoms with Crippen LogP contribution in [-0.2, 0) is 30.3 Å². The Bertz CT molecular complexity index is 1470. The fraction of sp³-hybridized carbons (Fsp3) is 0.353. The van der Waals surface area contributed by atoms with E-state index in [1.807, 2.05) is 50.2 Å². The van der Waals surface area contributed by atoms with Crippen molar-refractivity contribution in [1.82, 2.24) is 4.90 Å². The molecule has 7 rings (SSSR count). The summed E-state index contributed by atoms with van der Waals surface area (Å²) in [6, 6.07) is 20.6. The van der Waals surface area contributed by atoms with Crippen molar-refractivity contribution in [2.45, 2.75) is 57.4 Å². The van der Waals surface area contributed by atoms with Crippen LogP contribution in [0.15, 0.2) is 71.2 Å². The highest BCUT2D eigenvalue weighted by atomic mass is 79.9. The zero-order chi connectivity index (χ0) is 29.5. The Labute approximate surface area is 253 Å². The Hall–Kier alpha value is -3.78. The normalized spacial score (nSPS) is 22.3. The molecule has 1 fully saturated rings. The molecule has 8 heteroatoms. The first kappa shape index (κ1) is 28.3. The lowest BCUT2D eigenvalue weighted by Gasteiger charge is -2.45. The molecule has 0 aromatic heterocycles. The summed E-state index contributed by atoms with van der Waals surface area (Å²) in [5.74, 6) is -3.50. The van der Waals surface area contributed by atoms with Crippen LogP contribution in [0.1, 0.15) is 72.8 Å². The standard InChI is InChI=1S/C34H33BrN2O5/c1-3-5-14-26(34(41)42-18-27(38)36-25-16-15-20(35)17-19(25)4-2)37-32(39)30-28-21-10-6-7-11-22(21)29(31(30)33(37)40)24-13-9-8-12-23(24)28/h6-13,15-17,26,28-31H,3-5,14,18H2,1-2H3,(H,36,38)/t26-,28?,29?,30-,31+/m0/s1. The molecule has 3 aromatic carbocycles. The van der Waals surface area contributed by atoms with Gasteiger partial charge in [-0.1, -0.05) is 91.1 Å². The number of anilines is 1. The zero-order valence-corrected chi connectivity index (χ0v) is 25.2. The van der Waals surface area contributed by atoms with Crippen molar-refractivity contribution < 1.29 is 23.9 Å². The quantitative estimate of drug-likeness (QED) is 0.234. The van der Waals surface area contributed by atoms with E-state index in [4.69, 9.17) is 4.74 Å². The zero-order valence-electron chi connectivity index (χ0n) is 23.6. The molecule has 0 spiro atoms. The summed E-state index contributed by atoms with van der Waals surface area (Å²) >= 11 is 3.44. The number of hydrogen-bond acceptors (Lipinski definition) is 5. The fourth-order valence-corrected chi connectivity index (χ4v) is 7.56. The molecule has 2 bridgehead atoms. The summed E-state index contributed by atoms with van der Waals surface area (Å²) in [6.07, 6.45) is 2.41. The summed E-state index contributed by atoms with van der Waals surface area (Å²) in [4.78, 5) is 55.8. The number of nitrogens with zero attached hydrogens (tertiary/aromatic N) is 1.